The summed E-state index contributed by atoms with van der Waals surface area (Å²) in [4.78, 5) is 12.7. The fourth-order valence-corrected chi connectivity index (χ4v) is 3.65. The Labute approximate surface area is 147 Å². The Hall–Kier alpha value is -2.87. The van der Waals surface area contributed by atoms with Gasteiger partial charge < -0.3 is 5.11 Å². The van der Waals surface area contributed by atoms with E-state index in [1.165, 1.54) is 16.7 Å². The molecule has 0 fully saturated rings. The van der Waals surface area contributed by atoms with Gasteiger partial charge in [0.05, 0.1) is 0 Å². The first-order chi connectivity index (χ1) is 12.2. The lowest BCUT2D eigenvalue weighted by atomic mass is 9.79. The van der Waals surface area contributed by atoms with E-state index in [1.807, 2.05) is 18.2 Å². The molecule has 1 N–H and O–H groups in total. The highest BCUT2D eigenvalue weighted by Crippen LogP contribution is 2.30. The van der Waals surface area contributed by atoms with E-state index in [1.54, 1.807) is 18.2 Å². The van der Waals surface area contributed by atoms with Crippen LogP contribution in [0.1, 0.15) is 27.9 Å². The lowest BCUT2D eigenvalue weighted by Gasteiger charge is -2.23. The molecule has 2 nitrogen and oxygen atoms in total. The van der Waals surface area contributed by atoms with Crippen LogP contribution in [0.25, 0.3) is 11.1 Å². The highest BCUT2D eigenvalue weighted by Gasteiger charge is 2.27. The molecule has 0 amide bonds. The van der Waals surface area contributed by atoms with Crippen LogP contribution in [0.4, 0.5) is 0 Å². The van der Waals surface area contributed by atoms with Crippen molar-refractivity contribution in [1.29, 1.82) is 0 Å². The predicted octanol–water partition coefficient (Wildman–Crippen LogP) is 5.05. The summed E-state index contributed by atoms with van der Waals surface area (Å²) in [7, 11) is 0. The average Bonchev–Trinajstić information content (AvgIpc) is 2.65. The highest BCUT2D eigenvalue weighted by atomic mass is 16.3. The van der Waals surface area contributed by atoms with Gasteiger partial charge in [0.25, 0.3) is 0 Å². The SMILES string of the molecule is O=C1c2ccc(O)cc2CCC1Cc1ccc(-c2ccccc2)cc1. The highest BCUT2D eigenvalue weighted by molar-refractivity contribution is 6.00. The summed E-state index contributed by atoms with van der Waals surface area (Å²) in [6, 6.07) is 23.9. The summed E-state index contributed by atoms with van der Waals surface area (Å²) in [5.74, 6) is 0.467. The predicted molar refractivity (Wildman–Crippen MR) is 99.8 cm³/mol. The molecule has 2 heteroatoms. The topological polar surface area (TPSA) is 37.3 Å². The molecule has 3 aromatic carbocycles. The molecule has 1 aliphatic rings. The van der Waals surface area contributed by atoms with Gasteiger partial charge in [-0.1, -0.05) is 54.6 Å². The molecule has 25 heavy (non-hydrogen) atoms. The van der Waals surface area contributed by atoms with Crippen LogP contribution >= 0.6 is 0 Å². The van der Waals surface area contributed by atoms with Crippen LogP contribution in [0.5, 0.6) is 5.75 Å². The number of aromatic hydroxyl groups is 1. The van der Waals surface area contributed by atoms with Gasteiger partial charge in [-0.15, -0.1) is 0 Å². The Morgan fingerprint density at radius 3 is 2.36 bits per heavy atom. The number of carbonyl (C=O) groups is 1. The number of rotatable bonds is 3. The van der Waals surface area contributed by atoms with E-state index in [2.05, 4.69) is 36.4 Å². The maximum absolute atomic E-state index is 12.7. The monoisotopic (exact) mass is 328 g/mol. The first kappa shape index (κ1) is 15.6. The van der Waals surface area contributed by atoms with Crippen LogP contribution in [0.15, 0.2) is 72.8 Å². The molecule has 0 heterocycles. The van der Waals surface area contributed by atoms with Crippen LogP contribution in [-0.4, -0.2) is 10.9 Å². The van der Waals surface area contributed by atoms with Gasteiger partial charge in [0.15, 0.2) is 5.78 Å². The average molecular weight is 328 g/mol. The molecule has 0 radical (unpaired) electrons. The Morgan fingerprint density at radius 2 is 1.60 bits per heavy atom. The maximum atomic E-state index is 12.7. The number of carbonyl (C=O) groups excluding carboxylic acids is 1. The van der Waals surface area contributed by atoms with Gasteiger partial charge in [-0.3, -0.25) is 4.79 Å². The molecule has 1 aliphatic carbocycles. The molecular weight excluding hydrogens is 308 g/mol. The minimum atomic E-state index is 0.0274. The number of benzene rings is 3. The maximum Gasteiger partial charge on any atom is 0.166 e. The first-order valence-corrected chi connectivity index (χ1v) is 8.71. The molecular formula is C23H20O2. The van der Waals surface area contributed by atoms with E-state index in [9.17, 15) is 9.90 Å². The van der Waals surface area contributed by atoms with Gasteiger partial charge in [-0.25, -0.2) is 0 Å². The Kier molecular flexibility index (Phi) is 4.10. The minimum Gasteiger partial charge on any atom is -0.508 e. The van der Waals surface area contributed by atoms with Crippen molar-refractivity contribution in [3.05, 3.63) is 89.5 Å². The van der Waals surface area contributed by atoms with Crippen molar-refractivity contribution in [3.63, 3.8) is 0 Å². The Bertz CT molecular complexity index is 895. The third kappa shape index (κ3) is 3.20. The van der Waals surface area contributed by atoms with Gasteiger partial charge in [0.1, 0.15) is 5.75 Å². The van der Waals surface area contributed by atoms with E-state index < -0.39 is 0 Å². The van der Waals surface area contributed by atoms with Gasteiger partial charge in [0.2, 0.25) is 0 Å². The molecule has 0 aromatic heterocycles. The molecule has 0 saturated heterocycles. The van der Waals surface area contributed by atoms with Gasteiger partial charge in [-0.05, 0) is 59.7 Å². The number of ketones is 1. The summed E-state index contributed by atoms with van der Waals surface area (Å²) in [5, 5.41) is 9.58. The minimum absolute atomic E-state index is 0.0274. The van der Waals surface area contributed by atoms with Crippen molar-refractivity contribution in [2.75, 3.05) is 0 Å². The van der Waals surface area contributed by atoms with E-state index >= 15 is 0 Å². The summed E-state index contributed by atoms with van der Waals surface area (Å²) in [5.41, 5.74) is 5.34. The standard InChI is InChI=1S/C23H20O2/c24-21-12-13-22-19(15-21)10-11-20(23(22)25)14-16-6-8-18(9-7-16)17-4-2-1-3-5-17/h1-9,12-13,15,20,24H,10-11,14H2. The molecule has 0 aliphatic heterocycles. The van der Waals surface area contributed by atoms with Gasteiger partial charge in [0, 0.05) is 11.5 Å². The van der Waals surface area contributed by atoms with Crippen molar-refractivity contribution < 1.29 is 9.90 Å². The molecule has 0 saturated carbocycles. The first-order valence-electron chi connectivity index (χ1n) is 8.71. The third-order valence-corrected chi connectivity index (χ3v) is 5.03. The second-order valence-corrected chi connectivity index (χ2v) is 6.71. The zero-order valence-corrected chi connectivity index (χ0v) is 14.0. The van der Waals surface area contributed by atoms with Crippen LogP contribution in [0.3, 0.4) is 0 Å². The molecule has 124 valence electrons. The number of phenols is 1. The number of hydrogen-bond donors (Lipinski definition) is 1. The second kappa shape index (κ2) is 6.56. The summed E-state index contributed by atoms with van der Waals surface area (Å²) >= 11 is 0. The number of hydrogen-bond acceptors (Lipinski definition) is 2. The third-order valence-electron chi connectivity index (χ3n) is 5.03. The normalized spacial score (nSPS) is 16.5. The van der Waals surface area contributed by atoms with Gasteiger partial charge in [-0.2, -0.15) is 0 Å². The summed E-state index contributed by atoms with van der Waals surface area (Å²) in [6.45, 7) is 0. The Balaban J connectivity index is 1.51. The van der Waals surface area contributed by atoms with Crippen molar-refractivity contribution in [1.82, 2.24) is 0 Å². The van der Waals surface area contributed by atoms with Crippen molar-refractivity contribution >= 4 is 5.78 Å². The van der Waals surface area contributed by atoms with Crippen LogP contribution in [0, 0.1) is 5.92 Å². The largest absolute Gasteiger partial charge is 0.508 e. The van der Waals surface area contributed by atoms with Crippen LogP contribution < -0.4 is 0 Å². The summed E-state index contributed by atoms with van der Waals surface area (Å²) in [6.07, 6.45) is 2.46. The molecule has 0 spiro atoms. The number of Topliss-reactive ketones (excluding diaryl/α,β-unsaturated/α-hetero) is 1. The molecule has 0 bridgehead atoms. The molecule has 1 unspecified atom stereocenters. The number of fused-ring (bicyclic) bond motifs is 1. The van der Waals surface area contributed by atoms with E-state index in [0.29, 0.717) is 0 Å². The van der Waals surface area contributed by atoms with Crippen molar-refractivity contribution in [2.45, 2.75) is 19.3 Å². The Morgan fingerprint density at radius 1 is 0.880 bits per heavy atom. The van der Waals surface area contributed by atoms with E-state index in [4.69, 9.17) is 0 Å². The smallest absolute Gasteiger partial charge is 0.166 e. The van der Waals surface area contributed by atoms with Gasteiger partial charge >= 0.3 is 0 Å². The van der Waals surface area contributed by atoms with E-state index in [-0.39, 0.29) is 17.5 Å². The fraction of sp³-hybridized carbons (Fsp3) is 0.174. The van der Waals surface area contributed by atoms with Crippen molar-refractivity contribution in [2.24, 2.45) is 5.92 Å². The lowest BCUT2D eigenvalue weighted by molar-refractivity contribution is 0.0901. The quantitative estimate of drug-likeness (QED) is 0.731. The van der Waals surface area contributed by atoms with Crippen LogP contribution in [-0.2, 0) is 12.8 Å². The molecule has 3 aromatic rings. The fourth-order valence-electron chi connectivity index (χ4n) is 3.65. The zero-order chi connectivity index (χ0) is 17.2. The van der Waals surface area contributed by atoms with Crippen LogP contribution in [0.2, 0.25) is 0 Å². The zero-order valence-electron chi connectivity index (χ0n) is 14.0. The van der Waals surface area contributed by atoms with E-state index in [0.717, 1.165) is 30.4 Å². The lowest BCUT2D eigenvalue weighted by Crippen LogP contribution is -2.24. The summed E-state index contributed by atoms with van der Waals surface area (Å²) < 4.78 is 0. The van der Waals surface area contributed by atoms with Crippen molar-refractivity contribution in [3.8, 4) is 16.9 Å². The molecule has 4 rings (SSSR count). The second-order valence-electron chi connectivity index (χ2n) is 6.71. The number of aryl methyl sites for hydroxylation is 1. The number of phenolic OH excluding ortho intramolecular Hbond substituents is 1. The molecule has 1 atom stereocenters.